The topological polar surface area (TPSA) is 55.4 Å². The monoisotopic (exact) mass is 257 g/mol. The van der Waals surface area contributed by atoms with Crippen LogP contribution >= 0.6 is 0 Å². The molecular weight excluding hydrogens is 238 g/mol. The van der Waals surface area contributed by atoms with E-state index in [1.165, 1.54) is 5.56 Å². The average molecular weight is 257 g/mol. The van der Waals surface area contributed by atoms with Gasteiger partial charge in [-0.2, -0.15) is 0 Å². The zero-order chi connectivity index (χ0) is 12.9. The summed E-state index contributed by atoms with van der Waals surface area (Å²) in [6.45, 7) is 4.84. The van der Waals surface area contributed by atoms with Gasteiger partial charge in [-0.05, 0) is 23.6 Å². The van der Waals surface area contributed by atoms with Crippen LogP contribution in [-0.2, 0) is 10.0 Å². The van der Waals surface area contributed by atoms with Crippen LogP contribution in [0, 0.1) is 0 Å². The molecule has 0 saturated heterocycles. The molecule has 0 saturated carbocycles. The van der Waals surface area contributed by atoms with Gasteiger partial charge in [-0.3, -0.25) is 0 Å². The molecule has 1 aromatic carbocycles. The first kappa shape index (κ1) is 14.0. The first-order valence-corrected chi connectivity index (χ1v) is 7.45. The van der Waals surface area contributed by atoms with Crippen molar-refractivity contribution in [1.29, 1.82) is 0 Å². The zero-order valence-electron chi connectivity index (χ0n) is 10.4. The van der Waals surface area contributed by atoms with Crippen LogP contribution in [0.15, 0.2) is 24.3 Å². The standard InChI is InChI=1S/C12H19NO3S/c1-10(2)11-5-4-6-12(9-11)16-8-7-13-17(3,14)15/h4-6,9-10,13H,7-8H2,1-3H3. The van der Waals surface area contributed by atoms with Crippen LogP contribution in [0.25, 0.3) is 0 Å². The summed E-state index contributed by atoms with van der Waals surface area (Å²) in [5, 5.41) is 0. The zero-order valence-corrected chi connectivity index (χ0v) is 11.3. The second kappa shape index (κ2) is 6.02. The molecule has 0 spiro atoms. The van der Waals surface area contributed by atoms with Gasteiger partial charge in [-0.15, -0.1) is 0 Å². The third kappa shape index (κ3) is 5.70. The number of sulfonamides is 1. The van der Waals surface area contributed by atoms with E-state index in [-0.39, 0.29) is 6.54 Å². The highest BCUT2D eigenvalue weighted by Crippen LogP contribution is 2.19. The third-order valence-corrected chi connectivity index (χ3v) is 2.99. The maximum absolute atomic E-state index is 10.8. The highest BCUT2D eigenvalue weighted by atomic mass is 32.2. The van der Waals surface area contributed by atoms with Crippen molar-refractivity contribution >= 4 is 10.0 Å². The molecule has 17 heavy (non-hydrogen) atoms. The molecule has 1 aromatic rings. The number of hydrogen-bond donors (Lipinski definition) is 1. The van der Waals surface area contributed by atoms with Gasteiger partial charge in [0, 0.05) is 6.54 Å². The van der Waals surface area contributed by atoms with Gasteiger partial charge in [0.2, 0.25) is 10.0 Å². The van der Waals surface area contributed by atoms with Crippen molar-refractivity contribution in [2.75, 3.05) is 19.4 Å². The summed E-state index contributed by atoms with van der Waals surface area (Å²) < 4.78 is 29.5. The van der Waals surface area contributed by atoms with E-state index in [1.807, 2.05) is 24.3 Å². The molecule has 0 atom stereocenters. The minimum absolute atomic E-state index is 0.282. The Morgan fingerprint density at radius 1 is 1.35 bits per heavy atom. The molecule has 0 radical (unpaired) electrons. The number of hydrogen-bond acceptors (Lipinski definition) is 3. The van der Waals surface area contributed by atoms with Crippen LogP contribution in [0.3, 0.4) is 0 Å². The Labute approximate surface area is 103 Å². The summed E-state index contributed by atoms with van der Waals surface area (Å²) in [6, 6.07) is 7.83. The van der Waals surface area contributed by atoms with Gasteiger partial charge in [0.25, 0.3) is 0 Å². The Morgan fingerprint density at radius 2 is 2.06 bits per heavy atom. The van der Waals surface area contributed by atoms with Crippen molar-refractivity contribution in [1.82, 2.24) is 4.72 Å². The lowest BCUT2D eigenvalue weighted by atomic mass is 10.0. The predicted octanol–water partition coefficient (Wildman–Crippen LogP) is 1.74. The van der Waals surface area contributed by atoms with Gasteiger partial charge < -0.3 is 4.74 Å². The minimum atomic E-state index is -3.13. The Hall–Kier alpha value is -1.07. The van der Waals surface area contributed by atoms with Crippen LogP contribution < -0.4 is 9.46 Å². The average Bonchev–Trinajstić information content (AvgIpc) is 2.23. The van der Waals surface area contributed by atoms with E-state index < -0.39 is 10.0 Å². The van der Waals surface area contributed by atoms with Gasteiger partial charge in [-0.1, -0.05) is 26.0 Å². The second-order valence-corrected chi connectivity index (χ2v) is 6.08. The fourth-order valence-corrected chi connectivity index (χ4v) is 1.81. The first-order chi connectivity index (χ1) is 7.88. The van der Waals surface area contributed by atoms with Crippen molar-refractivity contribution in [3.05, 3.63) is 29.8 Å². The molecule has 0 aliphatic heterocycles. The van der Waals surface area contributed by atoms with Gasteiger partial charge in [-0.25, -0.2) is 13.1 Å². The van der Waals surface area contributed by atoms with Crippen LogP contribution in [0.4, 0.5) is 0 Å². The molecule has 5 heteroatoms. The lowest BCUT2D eigenvalue weighted by Gasteiger charge is -2.10. The number of rotatable bonds is 6. The minimum Gasteiger partial charge on any atom is -0.492 e. The molecular formula is C12H19NO3S. The predicted molar refractivity (Wildman–Crippen MR) is 68.9 cm³/mol. The van der Waals surface area contributed by atoms with Crippen molar-refractivity contribution in [2.45, 2.75) is 19.8 Å². The second-order valence-electron chi connectivity index (χ2n) is 4.24. The Morgan fingerprint density at radius 3 is 2.65 bits per heavy atom. The Kier molecular flexibility index (Phi) is 4.96. The van der Waals surface area contributed by atoms with Crippen LogP contribution in [0.5, 0.6) is 5.75 Å². The summed E-state index contributed by atoms with van der Waals surface area (Å²) in [6.07, 6.45) is 1.13. The fraction of sp³-hybridized carbons (Fsp3) is 0.500. The van der Waals surface area contributed by atoms with Crippen molar-refractivity contribution in [2.24, 2.45) is 0 Å². The van der Waals surface area contributed by atoms with Gasteiger partial charge in [0.1, 0.15) is 12.4 Å². The molecule has 0 aliphatic carbocycles. The summed E-state index contributed by atoms with van der Waals surface area (Å²) in [4.78, 5) is 0. The van der Waals surface area contributed by atoms with E-state index >= 15 is 0 Å². The fourth-order valence-electron chi connectivity index (χ4n) is 1.36. The highest BCUT2D eigenvalue weighted by molar-refractivity contribution is 7.88. The maximum atomic E-state index is 10.8. The molecule has 0 heterocycles. The van der Waals surface area contributed by atoms with Crippen molar-refractivity contribution < 1.29 is 13.2 Å². The van der Waals surface area contributed by atoms with Gasteiger partial charge in [0.05, 0.1) is 6.26 Å². The van der Waals surface area contributed by atoms with Gasteiger partial charge >= 0.3 is 0 Å². The van der Waals surface area contributed by atoms with Gasteiger partial charge in [0.15, 0.2) is 0 Å². The summed E-state index contributed by atoms with van der Waals surface area (Å²) in [7, 11) is -3.13. The highest BCUT2D eigenvalue weighted by Gasteiger charge is 2.02. The van der Waals surface area contributed by atoms with E-state index in [9.17, 15) is 8.42 Å². The number of benzene rings is 1. The quantitative estimate of drug-likeness (QED) is 0.790. The molecule has 0 unspecified atom stereocenters. The number of nitrogens with one attached hydrogen (secondary N) is 1. The summed E-state index contributed by atoms with van der Waals surface area (Å²) in [5.41, 5.74) is 1.21. The maximum Gasteiger partial charge on any atom is 0.208 e. The smallest absolute Gasteiger partial charge is 0.208 e. The lowest BCUT2D eigenvalue weighted by molar-refractivity contribution is 0.322. The Balaban J connectivity index is 2.44. The molecule has 0 aliphatic rings. The van der Waals surface area contributed by atoms with E-state index in [1.54, 1.807) is 0 Å². The summed E-state index contributed by atoms with van der Waals surface area (Å²) in [5.74, 6) is 1.22. The third-order valence-electron chi connectivity index (χ3n) is 2.26. The Bertz CT molecular complexity index is 455. The molecule has 4 nitrogen and oxygen atoms in total. The molecule has 0 fully saturated rings. The molecule has 1 rings (SSSR count). The molecule has 1 N–H and O–H groups in total. The SMILES string of the molecule is CC(C)c1cccc(OCCNS(C)(=O)=O)c1. The number of ether oxygens (including phenoxy) is 1. The van der Waals surface area contributed by atoms with E-state index in [4.69, 9.17) is 4.74 Å². The van der Waals surface area contributed by atoms with Crippen molar-refractivity contribution in [3.8, 4) is 5.75 Å². The van der Waals surface area contributed by atoms with Crippen LogP contribution in [0.1, 0.15) is 25.3 Å². The molecule has 96 valence electrons. The molecule has 0 amide bonds. The van der Waals surface area contributed by atoms with Crippen molar-refractivity contribution in [3.63, 3.8) is 0 Å². The summed E-state index contributed by atoms with van der Waals surface area (Å²) >= 11 is 0. The molecule has 0 bridgehead atoms. The van der Waals surface area contributed by atoms with E-state index in [0.29, 0.717) is 12.5 Å². The largest absolute Gasteiger partial charge is 0.492 e. The normalized spacial score (nSPS) is 11.8. The van der Waals surface area contributed by atoms with E-state index in [0.717, 1.165) is 12.0 Å². The van der Waals surface area contributed by atoms with Crippen LogP contribution in [-0.4, -0.2) is 27.8 Å². The van der Waals surface area contributed by atoms with Crippen LogP contribution in [0.2, 0.25) is 0 Å². The lowest BCUT2D eigenvalue weighted by Crippen LogP contribution is -2.26. The van der Waals surface area contributed by atoms with E-state index in [2.05, 4.69) is 18.6 Å². The first-order valence-electron chi connectivity index (χ1n) is 5.56. The molecule has 0 aromatic heterocycles.